The maximum Gasteiger partial charge on any atom is 0.336 e. The molecule has 92 valence electrons. The monoisotopic (exact) mass is 244 g/mol. The van der Waals surface area contributed by atoms with Gasteiger partial charge >= 0.3 is 5.97 Å². The Kier molecular flexibility index (Phi) is 3.23. The van der Waals surface area contributed by atoms with Gasteiger partial charge in [0.1, 0.15) is 5.75 Å². The number of aromatic nitrogens is 2. The molecule has 0 saturated heterocycles. The van der Waals surface area contributed by atoms with Gasteiger partial charge in [0.2, 0.25) is 0 Å². The topological polar surface area (TPSA) is 72.3 Å². The summed E-state index contributed by atoms with van der Waals surface area (Å²) >= 11 is 0. The van der Waals surface area contributed by atoms with E-state index in [9.17, 15) is 9.90 Å². The number of aromatic carboxylic acids is 1. The zero-order valence-electron chi connectivity index (χ0n) is 10.0. The van der Waals surface area contributed by atoms with Crippen LogP contribution in [-0.2, 0) is 0 Å². The summed E-state index contributed by atoms with van der Waals surface area (Å²) in [6.45, 7) is 1.84. The molecule has 0 bridgehead atoms. The Balaban J connectivity index is 2.66. The molecule has 0 spiro atoms. The second kappa shape index (κ2) is 4.83. The number of hydrogen-bond acceptors (Lipinski definition) is 4. The predicted molar refractivity (Wildman–Crippen MR) is 65.7 cm³/mol. The first kappa shape index (κ1) is 12.0. The van der Waals surface area contributed by atoms with Crippen molar-refractivity contribution >= 4 is 5.97 Å². The van der Waals surface area contributed by atoms with E-state index in [0.717, 1.165) is 5.56 Å². The van der Waals surface area contributed by atoms with Gasteiger partial charge in [-0.15, -0.1) is 0 Å². The van der Waals surface area contributed by atoms with Crippen molar-refractivity contribution < 1.29 is 14.6 Å². The lowest BCUT2D eigenvalue weighted by molar-refractivity contribution is 0.0697. The molecule has 5 heteroatoms. The van der Waals surface area contributed by atoms with E-state index in [1.807, 2.05) is 6.92 Å². The number of ether oxygens (including phenoxy) is 1. The van der Waals surface area contributed by atoms with E-state index in [0.29, 0.717) is 17.1 Å². The Bertz CT molecular complexity index is 582. The van der Waals surface area contributed by atoms with Crippen LogP contribution in [0.5, 0.6) is 5.75 Å². The summed E-state index contributed by atoms with van der Waals surface area (Å²) in [6, 6.07) is 4.89. The van der Waals surface area contributed by atoms with Crippen LogP contribution in [0.25, 0.3) is 11.4 Å². The van der Waals surface area contributed by atoms with Crippen LogP contribution in [0.4, 0.5) is 0 Å². The van der Waals surface area contributed by atoms with E-state index in [-0.39, 0.29) is 5.56 Å². The zero-order chi connectivity index (χ0) is 13.1. The fourth-order valence-corrected chi connectivity index (χ4v) is 1.71. The average Bonchev–Trinajstić information content (AvgIpc) is 2.39. The largest absolute Gasteiger partial charge is 0.496 e. The third-order valence-electron chi connectivity index (χ3n) is 2.57. The predicted octanol–water partition coefficient (Wildman–Crippen LogP) is 2.16. The van der Waals surface area contributed by atoms with Crippen LogP contribution in [0, 0.1) is 6.92 Å². The van der Waals surface area contributed by atoms with Crippen LogP contribution >= 0.6 is 0 Å². The molecule has 0 unspecified atom stereocenters. The number of rotatable bonds is 3. The molecule has 0 aliphatic rings. The number of benzene rings is 1. The summed E-state index contributed by atoms with van der Waals surface area (Å²) in [7, 11) is 1.51. The molecule has 0 atom stereocenters. The van der Waals surface area contributed by atoms with Crippen LogP contribution in [0.3, 0.4) is 0 Å². The number of carboxylic acid groups (broad SMARTS) is 1. The zero-order valence-corrected chi connectivity index (χ0v) is 10.0. The molecule has 2 rings (SSSR count). The van der Waals surface area contributed by atoms with E-state index >= 15 is 0 Å². The molecule has 1 aromatic carbocycles. The smallest absolute Gasteiger partial charge is 0.336 e. The molecule has 0 radical (unpaired) electrons. The van der Waals surface area contributed by atoms with Gasteiger partial charge in [-0.25, -0.2) is 14.8 Å². The number of carboxylic acids is 1. The van der Waals surface area contributed by atoms with Crippen molar-refractivity contribution in [2.75, 3.05) is 7.11 Å². The number of aryl methyl sites for hydroxylation is 1. The van der Waals surface area contributed by atoms with Crippen molar-refractivity contribution in [3.63, 3.8) is 0 Å². The van der Waals surface area contributed by atoms with E-state index in [1.165, 1.54) is 13.2 Å². The van der Waals surface area contributed by atoms with E-state index in [2.05, 4.69) is 9.97 Å². The lowest BCUT2D eigenvalue weighted by atomic mass is 10.0. The molecule has 1 heterocycles. The molecule has 1 N–H and O–H groups in total. The van der Waals surface area contributed by atoms with Crippen LogP contribution in [0.2, 0.25) is 0 Å². The van der Waals surface area contributed by atoms with Gasteiger partial charge in [-0.1, -0.05) is 0 Å². The highest BCUT2D eigenvalue weighted by atomic mass is 16.5. The maximum absolute atomic E-state index is 11.3. The highest BCUT2D eigenvalue weighted by Gasteiger charge is 2.16. The number of hydrogen-bond donors (Lipinski definition) is 1. The quantitative estimate of drug-likeness (QED) is 0.895. The van der Waals surface area contributed by atoms with Gasteiger partial charge in [0, 0.05) is 18.0 Å². The van der Waals surface area contributed by atoms with Gasteiger partial charge in [0.25, 0.3) is 0 Å². The molecule has 0 amide bonds. The molecule has 1 aromatic heterocycles. The van der Waals surface area contributed by atoms with Crippen molar-refractivity contribution in [1.29, 1.82) is 0 Å². The van der Waals surface area contributed by atoms with Crippen LogP contribution in [-0.4, -0.2) is 28.2 Å². The molecule has 0 aliphatic carbocycles. The first-order valence-electron chi connectivity index (χ1n) is 5.33. The fourth-order valence-electron chi connectivity index (χ4n) is 1.71. The fraction of sp³-hybridized carbons (Fsp3) is 0.154. The minimum absolute atomic E-state index is 0.128. The third-order valence-corrected chi connectivity index (χ3v) is 2.57. The first-order valence-corrected chi connectivity index (χ1v) is 5.33. The molecule has 0 fully saturated rings. The van der Waals surface area contributed by atoms with Crippen LogP contribution in [0.15, 0.2) is 30.6 Å². The molecule has 2 aromatic rings. The first-order chi connectivity index (χ1) is 8.63. The van der Waals surface area contributed by atoms with Crippen molar-refractivity contribution in [3.8, 4) is 17.1 Å². The van der Waals surface area contributed by atoms with E-state index < -0.39 is 5.97 Å². The second-order valence-electron chi connectivity index (χ2n) is 3.74. The summed E-state index contributed by atoms with van der Waals surface area (Å²) in [5.74, 6) is -0.108. The lowest BCUT2D eigenvalue weighted by Crippen LogP contribution is -2.03. The highest BCUT2D eigenvalue weighted by Crippen LogP contribution is 2.28. The number of nitrogens with zero attached hydrogens (tertiary/aromatic N) is 2. The summed E-state index contributed by atoms with van der Waals surface area (Å²) in [5, 5.41) is 9.23. The lowest BCUT2D eigenvalue weighted by Gasteiger charge is -2.10. The summed E-state index contributed by atoms with van der Waals surface area (Å²) in [5.41, 5.74) is 1.45. The summed E-state index contributed by atoms with van der Waals surface area (Å²) in [4.78, 5) is 19.4. The Morgan fingerprint density at radius 1 is 1.28 bits per heavy atom. The second-order valence-corrected chi connectivity index (χ2v) is 3.74. The Morgan fingerprint density at radius 2 is 1.94 bits per heavy atom. The standard InChI is InChI=1S/C13H12N2O3/c1-8-6-9(12-14-4-3-5-15-12)10(13(16)17)7-11(8)18-2/h3-7H,1-2H3,(H,16,17). The Morgan fingerprint density at radius 3 is 2.50 bits per heavy atom. The van der Waals surface area contributed by atoms with Gasteiger partial charge in [-0.05, 0) is 30.7 Å². The molecular weight excluding hydrogens is 232 g/mol. The van der Waals surface area contributed by atoms with Gasteiger partial charge in [-0.3, -0.25) is 0 Å². The normalized spacial score (nSPS) is 10.1. The Hall–Kier alpha value is -2.43. The molecule has 0 aliphatic heterocycles. The SMILES string of the molecule is COc1cc(C(=O)O)c(-c2ncccn2)cc1C. The van der Waals surface area contributed by atoms with E-state index in [4.69, 9.17) is 4.74 Å². The number of carbonyl (C=O) groups is 1. The van der Waals surface area contributed by atoms with Crippen molar-refractivity contribution in [2.45, 2.75) is 6.92 Å². The third kappa shape index (κ3) is 2.15. The minimum Gasteiger partial charge on any atom is -0.496 e. The van der Waals surface area contributed by atoms with Crippen molar-refractivity contribution in [1.82, 2.24) is 9.97 Å². The van der Waals surface area contributed by atoms with Gasteiger partial charge in [0.05, 0.1) is 12.7 Å². The van der Waals surface area contributed by atoms with Crippen LogP contribution < -0.4 is 4.74 Å². The Labute approximate surface area is 104 Å². The van der Waals surface area contributed by atoms with E-state index in [1.54, 1.807) is 24.5 Å². The molecular formula is C13H12N2O3. The number of methoxy groups -OCH3 is 1. The van der Waals surface area contributed by atoms with Gasteiger partial charge in [0.15, 0.2) is 5.82 Å². The van der Waals surface area contributed by atoms with Crippen molar-refractivity contribution in [2.24, 2.45) is 0 Å². The van der Waals surface area contributed by atoms with Gasteiger partial charge < -0.3 is 9.84 Å². The van der Waals surface area contributed by atoms with Gasteiger partial charge in [-0.2, -0.15) is 0 Å². The van der Waals surface area contributed by atoms with Crippen molar-refractivity contribution in [3.05, 3.63) is 41.7 Å². The summed E-state index contributed by atoms with van der Waals surface area (Å²) in [6.07, 6.45) is 3.15. The molecule has 0 saturated carbocycles. The highest BCUT2D eigenvalue weighted by molar-refractivity contribution is 5.95. The average molecular weight is 244 g/mol. The molecule has 5 nitrogen and oxygen atoms in total. The maximum atomic E-state index is 11.3. The van der Waals surface area contributed by atoms with Crippen LogP contribution in [0.1, 0.15) is 15.9 Å². The minimum atomic E-state index is -1.03. The molecule has 18 heavy (non-hydrogen) atoms. The summed E-state index contributed by atoms with van der Waals surface area (Å²) < 4.78 is 5.12.